The number of carbonyl (C=O) groups excluding carboxylic acids is 1. The van der Waals surface area contributed by atoms with E-state index in [1.807, 2.05) is 30.3 Å². The van der Waals surface area contributed by atoms with Crippen LogP contribution in [0, 0.1) is 0 Å². The summed E-state index contributed by atoms with van der Waals surface area (Å²) in [5.41, 5.74) is 8.06. The molecule has 3 heterocycles. The fourth-order valence-corrected chi connectivity index (χ4v) is 4.73. The van der Waals surface area contributed by atoms with Crippen molar-refractivity contribution in [3.63, 3.8) is 0 Å². The molecule has 1 saturated carbocycles. The van der Waals surface area contributed by atoms with Gasteiger partial charge in [0.2, 0.25) is 5.91 Å². The maximum absolute atomic E-state index is 11.7. The first-order valence-electron chi connectivity index (χ1n) is 12.1. The second kappa shape index (κ2) is 10.7. The summed E-state index contributed by atoms with van der Waals surface area (Å²) >= 11 is 0. The fourth-order valence-electron chi connectivity index (χ4n) is 4.73. The zero-order valence-corrected chi connectivity index (χ0v) is 20.4. The number of imidazole rings is 1. The van der Waals surface area contributed by atoms with E-state index < -0.39 is 36.8 Å². The van der Waals surface area contributed by atoms with Gasteiger partial charge in [-0.15, -0.1) is 0 Å². The van der Waals surface area contributed by atoms with Gasteiger partial charge in [0.05, 0.1) is 36.5 Å². The van der Waals surface area contributed by atoms with E-state index in [4.69, 9.17) is 10.8 Å². The normalized spacial score (nSPS) is 21.2. The number of amides is 1. The van der Waals surface area contributed by atoms with Crippen LogP contribution in [0.1, 0.15) is 18.0 Å². The number of nitrogens with zero attached hydrogens (tertiary/aromatic N) is 7. The van der Waals surface area contributed by atoms with Gasteiger partial charge in [-0.25, -0.2) is 9.67 Å². The summed E-state index contributed by atoms with van der Waals surface area (Å²) in [6, 6.07) is 8.35. The largest absolute Gasteiger partial charge is 0.396 e. The van der Waals surface area contributed by atoms with Crippen LogP contribution < -0.4 is 16.0 Å². The van der Waals surface area contributed by atoms with Gasteiger partial charge >= 0.3 is 0 Å². The zero-order chi connectivity index (χ0) is 26.8. The lowest BCUT2D eigenvalue weighted by atomic mass is 10.1. The minimum absolute atomic E-state index is 0.167. The van der Waals surface area contributed by atoms with Crippen LogP contribution in [0.15, 0.2) is 49.1 Å². The highest BCUT2D eigenvalue weighted by molar-refractivity contribution is 5.84. The van der Waals surface area contributed by atoms with Gasteiger partial charge in [-0.1, -0.05) is 30.3 Å². The Morgan fingerprint density at radius 1 is 1.16 bits per heavy atom. The molecule has 1 aliphatic carbocycles. The van der Waals surface area contributed by atoms with Gasteiger partial charge in [0.1, 0.15) is 25.5 Å². The number of nitrogens with two attached hydrogens (primary N) is 1. The molecule has 1 aromatic carbocycles. The van der Waals surface area contributed by atoms with Crippen LogP contribution in [-0.4, -0.2) is 93.8 Å². The summed E-state index contributed by atoms with van der Waals surface area (Å²) in [4.78, 5) is 27.1. The Hall–Kier alpha value is -4.11. The van der Waals surface area contributed by atoms with E-state index in [1.54, 1.807) is 15.7 Å². The molecule has 14 nitrogen and oxygen atoms in total. The second-order valence-corrected chi connectivity index (χ2v) is 9.15. The molecule has 0 unspecified atom stereocenters. The zero-order valence-electron chi connectivity index (χ0n) is 20.4. The summed E-state index contributed by atoms with van der Waals surface area (Å²) in [5, 5.41) is 47.5. The third-order valence-corrected chi connectivity index (χ3v) is 6.68. The molecule has 0 bridgehead atoms. The number of rotatable bonds is 9. The summed E-state index contributed by atoms with van der Waals surface area (Å²) in [6.45, 7) is -0.641. The van der Waals surface area contributed by atoms with Gasteiger partial charge in [0, 0.05) is 6.54 Å². The van der Waals surface area contributed by atoms with Crippen molar-refractivity contribution in [2.24, 2.45) is 0 Å². The van der Waals surface area contributed by atoms with E-state index in [2.05, 4.69) is 25.4 Å². The van der Waals surface area contributed by atoms with E-state index in [1.165, 1.54) is 17.2 Å². The Morgan fingerprint density at radius 2 is 1.95 bits per heavy atom. The van der Waals surface area contributed by atoms with Gasteiger partial charge in [-0.3, -0.25) is 4.79 Å². The Bertz CT molecular complexity index is 1410. The van der Waals surface area contributed by atoms with Crippen LogP contribution >= 0.6 is 0 Å². The molecule has 0 aliphatic heterocycles. The number of hydrogen-bond acceptors (Lipinski definition) is 11. The number of benzene rings is 1. The molecule has 1 aliphatic rings. The summed E-state index contributed by atoms with van der Waals surface area (Å²) in [5.74, 6) is -0.130. The van der Waals surface area contributed by atoms with Gasteiger partial charge in [-0.05, 0) is 18.4 Å². The summed E-state index contributed by atoms with van der Waals surface area (Å²) in [6.07, 6.45) is 2.78. The number of anilines is 2. The summed E-state index contributed by atoms with van der Waals surface area (Å²) in [7, 11) is 0. The van der Waals surface area contributed by atoms with Crippen molar-refractivity contribution in [2.45, 2.75) is 37.1 Å². The third-order valence-electron chi connectivity index (χ3n) is 6.68. The molecule has 7 N–H and O–H groups in total. The highest BCUT2D eigenvalue weighted by Gasteiger charge is 2.44. The third kappa shape index (κ3) is 4.89. The monoisotopic (exact) mass is 523 g/mol. The lowest BCUT2D eigenvalue weighted by Crippen LogP contribution is -2.44. The first-order chi connectivity index (χ1) is 18.4. The number of aromatic nitrogens is 6. The molecule has 1 amide bonds. The molecule has 200 valence electrons. The van der Waals surface area contributed by atoms with E-state index in [0.29, 0.717) is 35.6 Å². The highest BCUT2D eigenvalue weighted by atomic mass is 16.3. The van der Waals surface area contributed by atoms with E-state index in [0.717, 1.165) is 5.56 Å². The maximum Gasteiger partial charge on any atom is 0.254 e. The molecule has 0 saturated heterocycles. The smallest absolute Gasteiger partial charge is 0.254 e. The minimum atomic E-state index is -1.26. The lowest BCUT2D eigenvalue weighted by molar-refractivity contribution is -0.125. The number of hydrogen-bond donors (Lipinski definition) is 6. The van der Waals surface area contributed by atoms with Crippen molar-refractivity contribution in [3.05, 3.63) is 54.6 Å². The maximum atomic E-state index is 11.7. The van der Waals surface area contributed by atoms with Crippen molar-refractivity contribution >= 4 is 28.6 Å². The highest BCUT2D eigenvalue weighted by Crippen LogP contribution is 2.35. The molecule has 1 fully saturated rings. The molecule has 14 heteroatoms. The Balaban J connectivity index is 1.55. The SMILES string of the molecule is Nc1cnn(-c2nc(N(CO)CCc3ccccc3)c3ncn([C@@H]4C[C@H](NC(=O)CO)[C@@H](O)[C@H]4O)c3n2)c1. The molecular weight excluding hydrogens is 494 g/mol. The lowest BCUT2D eigenvalue weighted by Gasteiger charge is -2.22. The molecule has 4 atom stereocenters. The molecule has 3 aromatic heterocycles. The van der Waals surface area contributed by atoms with Crippen molar-refractivity contribution in [2.75, 3.05) is 30.5 Å². The molecule has 0 spiro atoms. The first kappa shape index (κ1) is 25.5. The number of nitrogen functional groups attached to an aromatic ring is 1. The number of aliphatic hydroxyl groups excluding tert-OH is 4. The first-order valence-corrected chi connectivity index (χ1v) is 12.1. The predicted octanol–water partition coefficient (Wildman–Crippen LogP) is -1.26. The average molecular weight is 524 g/mol. The molecular formula is C24H29N9O5. The Labute approximate surface area is 217 Å². The molecule has 38 heavy (non-hydrogen) atoms. The van der Waals surface area contributed by atoms with Crippen LogP contribution in [0.2, 0.25) is 0 Å². The van der Waals surface area contributed by atoms with Crippen molar-refractivity contribution in [1.82, 2.24) is 34.6 Å². The number of fused-ring (bicyclic) bond motifs is 1. The molecule has 5 rings (SSSR count). The van der Waals surface area contributed by atoms with Crippen molar-refractivity contribution in [3.8, 4) is 5.95 Å². The minimum Gasteiger partial charge on any atom is -0.396 e. The standard InChI is InChI=1S/C24H29N9O5/c25-15-9-27-33(10-15)24-29-22(31(13-35)7-6-14-4-2-1-3-5-14)19-23(30-24)32(12-26-19)17-8-16(20(37)21(17)38)28-18(36)11-34/h1-5,9-10,12,16-17,20-21,34-35,37-38H,6-8,11,13,25H2,(H,28,36)/t16-,17+,20+,21-/m0/s1. The van der Waals surface area contributed by atoms with Crippen LogP contribution in [-0.2, 0) is 11.2 Å². The average Bonchev–Trinajstić information content (AvgIpc) is 3.63. The fraction of sp³-hybridized carbons (Fsp3) is 0.375. The summed E-state index contributed by atoms with van der Waals surface area (Å²) < 4.78 is 3.01. The van der Waals surface area contributed by atoms with E-state index in [-0.39, 0.29) is 19.1 Å². The van der Waals surface area contributed by atoms with Gasteiger partial charge < -0.3 is 40.9 Å². The van der Waals surface area contributed by atoms with Crippen molar-refractivity contribution in [1.29, 1.82) is 0 Å². The molecule has 4 aromatic rings. The number of carbonyl (C=O) groups is 1. The van der Waals surface area contributed by atoms with Crippen LogP contribution in [0.4, 0.5) is 11.5 Å². The number of nitrogens with one attached hydrogen (secondary N) is 1. The van der Waals surface area contributed by atoms with Crippen LogP contribution in [0.3, 0.4) is 0 Å². The van der Waals surface area contributed by atoms with E-state index in [9.17, 15) is 20.1 Å². The van der Waals surface area contributed by atoms with Crippen LogP contribution in [0.5, 0.6) is 0 Å². The predicted molar refractivity (Wildman–Crippen MR) is 136 cm³/mol. The van der Waals surface area contributed by atoms with Crippen molar-refractivity contribution < 1.29 is 25.2 Å². The quantitative estimate of drug-likeness (QED) is 0.143. The second-order valence-electron chi connectivity index (χ2n) is 9.15. The van der Waals surface area contributed by atoms with Gasteiger partial charge in [0.15, 0.2) is 17.0 Å². The molecule has 0 radical (unpaired) electrons. The number of aliphatic hydroxyl groups is 4. The topological polar surface area (TPSA) is 201 Å². The Morgan fingerprint density at radius 3 is 2.63 bits per heavy atom. The van der Waals surface area contributed by atoms with E-state index >= 15 is 0 Å². The van der Waals surface area contributed by atoms with Gasteiger partial charge in [0.25, 0.3) is 5.95 Å². The van der Waals surface area contributed by atoms with Crippen LogP contribution in [0.25, 0.3) is 17.1 Å². The van der Waals surface area contributed by atoms with Gasteiger partial charge in [-0.2, -0.15) is 15.1 Å². The Kier molecular flexibility index (Phi) is 7.20.